The van der Waals surface area contributed by atoms with E-state index in [2.05, 4.69) is 0 Å². The van der Waals surface area contributed by atoms with Crippen LogP contribution in [0.3, 0.4) is 0 Å². The molecule has 1 saturated heterocycles. The largest absolute Gasteiger partial charge is 0.326 e. The molecule has 2 N–H and O–H groups in total. The molecule has 0 spiro atoms. The molecule has 0 bridgehead atoms. The van der Waals surface area contributed by atoms with Crippen LogP contribution in [0.2, 0.25) is 0 Å². The van der Waals surface area contributed by atoms with Gasteiger partial charge < -0.3 is 5.73 Å². The third kappa shape index (κ3) is 2.86. The first kappa shape index (κ1) is 15.8. The maximum absolute atomic E-state index is 12.5. The molecule has 20 heavy (non-hydrogen) atoms. The molecule has 0 saturated carbocycles. The first-order valence-corrected chi connectivity index (χ1v) is 8.39. The van der Waals surface area contributed by atoms with Crippen molar-refractivity contribution >= 4 is 22.4 Å². The minimum atomic E-state index is -3.35. The summed E-state index contributed by atoms with van der Waals surface area (Å²) in [7, 11) is -3.35. The van der Waals surface area contributed by atoms with Gasteiger partial charge in [0.15, 0.2) is 0 Å². The highest BCUT2D eigenvalue weighted by atomic mass is 35.5. The summed E-state index contributed by atoms with van der Waals surface area (Å²) < 4.78 is 26.6. The Bertz CT molecular complexity index is 589. The summed E-state index contributed by atoms with van der Waals surface area (Å²) >= 11 is 0. The number of halogens is 1. The Hall–Kier alpha value is -0.620. The molecule has 3 rings (SSSR count). The third-order valence-corrected chi connectivity index (χ3v) is 6.01. The maximum Gasteiger partial charge on any atom is 0.243 e. The second-order valence-electron chi connectivity index (χ2n) is 5.55. The standard InChI is InChI=1S/C14H20N2O2S.ClH/c15-13-7-8-16(10-13)19(17,18)14-6-5-11-3-1-2-4-12(11)9-14;/h5-6,9,13H,1-4,7-8,10,15H2;1H/t13-;/m1./s1. The van der Waals surface area contributed by atoms with Crippen molar-refractivity contribution in [2.75, 3.05) is 13.1 Å². The highest BCUT2D eigenvalue weighted by molar-refractivity contribution is 7.89. The molecule has 0 aromatic heterocycles. The van der Waals surface area contributed by atoms with E-state index in [9.17, 15) is 8.42 Å². The van der Waals surface area contributed by atoms with E-state index in [-0.39, 0.29) is 18.4 Å². The smallest absolute Gasteiger partial charge is 0.243 e. The average Bonchev–Trinajstić information content (AvgIpc) is 2.85. The molecule has 0 radical (unpaired) electrons. The number of sulfonamides is 1. The predicted molar refractivity (Wildman–Crippen MR) is 81.7 cm³/mol. The normalized spacial score (nSPS) is 23.1. The van der Waals surface area contributed by atoms with Crippen LogP contribution in [0, 0.1) is 0 Å². The molecule has 0 amide bonds. The van der Waals surface area contributed by atoms with Crippen molar-refractivity contribution in [1.29, 1.82) is 0 Å². The number of fused-ring (bicyclic) bond motifs is 1. The van der Waals surface area contributed by atoms with E-state index >= 15 is 0 Å². The number of rotatable bonds is 2. The van der Waals surface area contributed by atoms with Crippen molar-refractivity contribution in [2.24, 2.45) is 5.73 Å². The van der Waals surface area contributed by atoms with Gasteiger partial charge in [0.2, 0.25) is 10.0 Å². The van der Waals surface area contributed by atoms with Gasteiger partial charge in [-0.15, -0.1) is 12.4 Å². The van der Waals surface area contributed by atoms with E-state index in [4.69, 9.17) is 5.73 Å². The second kappa shape index (κ2) is 6.02. The van der Waals surface area contributed by atoms with Gasteiger partial charge in [0, 0.05) is 19.1 Å². The minimum absolute atomic E-state index is 0. The van der Waals surface area contributed by atoms with Gasteiger partial charge in [-0.3, -0.25) is 0 Å². The molecular formula is C14H21ClN2O2S. The summed E-state index contributed by atoms with van der Waals surface area (Å²) in [6.45, 7) is 0.986. The molecule has 1 aliphatic heterocycles. The lowest BCUT2D eigenvalue weighted by molar-refractivity contribution is 0.472. The number of nitrogens with zero attached hydrogens (tertiary/aromatic N) is 1. The van der Waals surface area contributed by atoms with Gasteiger partial charge in [0.05, 0.1) is 4.90 Å². The number of hydrogen-bond acceptors (Lipinski definition) is 3. The van der Waals surface area contributed by atoms with Crippen LogP contribution in [0.15, 0.2) is 23.1 Å². The fraction of sp³-hybridized carbons (Fsp3) is 0.571. The summed E-state index contributed by atoms with van der Waals surface area (Å²) in [6, 6.07) is 5.58. The van der Waals surface area contributed by atoms with Gasteiger partial charge in [-0.25, -0.2) is 8.42 Å². The number of aryl methyl sites for hydroxylation is 2. The molecule has 4 nitrogen and oxygen atoms in total. The molecule has 1 aromatic carbocycles. The monoisotopic (exact) mass is 316 g/mol. The van der Waals surface area contributed by atoms with Crippen molar-refractivity contribution in [2.45, 2.75) is 43.0 Å². The zero-order valence-electron chi connectivity index (χ0n) is 11.4. The molecule has 6 heteroatoms. The summed E-state index contributed by atoms with van der Waals surface area (Å²) in [5.74, 6) is 0. The van der Waals surface area contributed by atoms with Crippen LogP contribution in [-0.4, -0.2) is 31.9 Å². The quantitative estimate of drug-likeness (QED) is 0.903. The Balaban J connectivity index is 0.00000147. The molecule has 2 aliphatic rings. The van der Waals surface area contributed by atoms with Crippen molar-refractivity contribution in [3.63, 3.8) is 0 Å². The SMILES string of the molecule is Cl.N[C@@H]1CCN(S(=O)(=O)c2ccc3c(c2)CCCC3)C1. The molecule has 0 unspecified atom stereocenters. The molecule has 1 atom stereocenters. The maximum atomic E-state index is 12.5. The Morgan fingerprint density at radius 1 is 1.15 bits per heavy atom. The van der Waals surface area contributed by atoms with Crippen molar-refractivity contribution in [3.8, 4) is 0 Å². The van der Waals surface area contributed by atoms with Gasteiger partial charge in [-0.05, 0) is 55.4 Å². The van der Waals surface area contributed by atoms with Crippen LogP contribution in [0.4, 0.5) is 0 Å². The van der Waals surface area contributed by atoms with E-state index in [0.29, 0.717) is 18.0 Å². The van der Waals surface area contributed by atoms with Crippen LogP contribution in [0.25, 0.3) is 0 Å². The van der Waals surface area contributed by atoms with Crippen LogP contribution in [-0.2, 0) is 22.9 Å². The molecule has 1 aliphatic carbocycles. The van der Waals surface area contributed by atoms with E-state index in [1.165, 1.54) is 21.9 Å². The molecule has 112 valence electrons. The van der Waals surface area contributed by atoms with Crippen molar-refractivity contribution in [1.82, 2.24) is 4.31 Å². The van der Waals surface area contributed by atoms with Crippen LogP contribution >= 0.6 is 12.4 Å². The average molecular weight is 317 g/mol. The highest BCUT2D eigenvalue weighted by Gasteiger charge is 2.31. The molecule has 1 heterocycles. The fourth-order valence-corrected chi connectivity index (χ4v) is 4.55. The van der Waals surface area contributed by atoms with Gasteiger partial charge in [-0.2, -0.15) is 4.31 Å². The predicted octanol–water partition coefficient (Wildman–Crippen LogP) is 1.71. The van der Waals surface area contributed by atoms with Gasteiger partial charge in [0.25, 0.3) is 0 Å². The summed E-state index contributed by atoms with van der Waals surface area (Å²) in [4.78, 5) is 0.433. The Kier molecular flexibility index (Phi) is 4.74. The van der Waals surface area contributed by atoms with Gasteiger partial charge in [-0.1, -0.05) is 6.07 Å². The summed E-state index contributed by atoms with van der Waals surface area (Å²) in [5, 5.41) is 0. The van der Waals surface area contributed by atoms with Gasteiger partial charge >= 0.3 is 0 Å². The lowest BCUT2D eigenvalue weighted by atomic mass is 9.92. The first-order valence-electron chi connectivity index (χ1n) is 6.95. The zero-order chi connectivity index (χ0) is 13.5. The first-order chi connectivity index (χ1) is 9.07. The lowest BCUT2D eigenvalue weighted by Gasteiger charge is -2.19. The van der Waals surface area contributed by atoms with E-state index in [1.807, 2.05) is 12.1 Å². The van der Waals surface area contributed by atoms with E-state index in [1.54, 1.807) is 6.07 Å². The number of benzene rings is 1. The fourth-order valence-electron chi connectivity index (χ4n) is 2.99. The van der Waals surface area contributed by atoms with Crippen molar-refractivity contribution in [3.05, 3.63) is 29.3 Å². The summed E-state index contributed by atoms with van der Waals surface area (Å²) in [5.41, 5.74) is 8.32. The Morgan fingerprint density at radius 3 is 2.50 bits per heavy atom. The molecule has 1 aromatic rings. The van der Waals surface area contributed by atoms with Crippen LogP contribution in [0.1, 0.15) is 30.4 Å². The third-order valence-electron chi connectivity index (χ3n) is 4.15. The van der Waals surface area contributed by atoms with Gasteiger partial charge in [0.1, 0.15) is 0 Å². The highest BCUT2D eigenvalue weighted by Crippen LogP contribution is 2.26. The number of nitrogens with two attached hydrogens (primary N) is 1. The van der Waals surface area contributed by atoms with Crippen LogP contribution < -0.4 is 5.73 Å². The topological polar surface area (TPSA) is 63.4 Å². The molecular weight excluding hydrogens is 296 g/mol. The van der Waals surface area contributed by atoms with Crippen molar-refractivity contribution < 1.29 is 8.42 Å². The van der Waals surface area contributed by atoms with E-state index in [0.717, 1.165) is 25.7 Å². The summed E-state index contributed by atoms with van der Waals surface area (Å²) in [6.07, 6.45) is 5.19. The Morgan fingerprint density at radius 2 is 1.85 bits per heavy atom. The second-order valence-corrected chi connectivity index (χ2v) is 7.49. The Labute approximate surface area is 126 Å². The van der Waals surface area contributed by atoms with E-state index < -0.39 is 10.0 Å². The lowest BCUT2D eigenvalue weighted by Crippen LogP contribution is -2.32. The number of hydrogen-bond donors (Lipinski definition) is 1. The van der Waals surface area contributed by atoms with Crippen LogP contribution in [0.5, 0.6) is 0 Å². The minimum Gasteiger partial charge on any atom is -0.326 e. The zero-order valence-corrected chi connectivity index (χ0v) is 13.0. The molecule has 1 fully saturated rings.